The summed E-state index contributed by atoms with van der Waals surface area (Å²) >= 11 is 3.49. The largest absolute Gasteiger partial charge is 0.381 e. The maximum absolute atomic E-state index is 13.0. The Morgan fingerprint density at radius 1 is 1.37 bits per heavy atom. The van der Waals surface area contributed by atoms with Gasteiger partial charge in [0.05, 0.1) is 5.69 Å². The molecule has 0 aliphatic carbocycles. The monoisotopic (exact) mass is 433 g/mol. The SMILES string of the molecule is CCn1cnnc1C1CN(C(=O)Nc2ccccc2Br)CC12CCOCC2. The highest BCUT2D eigenvalue weighted by Crippen LogP contribution is 2.49. The third-order valence-electron chi connectivity index (χ3n) is 5.84. The Morgan fingerprint density at radius 2 is 2.15 bits per heavy atom. The zero-order valence-corrected chi connectivity index (χ0v) is 17.0. The maximum Gasteiger partial charge on any atom is 0.321 e. The summed E-state index contributed by atoms with van der Waals surface area (Å²) < 4.78 is 8.59. The summed E-state index contributed by atoms with van der Waals surface area (Å²) in [5.74, 6) is 1.16. The predicted octanol–water partition coefficient (Wildman–Crippen LogP) is 3.49. The van der Waals surface area contributed by atoms with Gasteiger partial charge >= 0.3 is 6.03 Å². The molecule has 1 spiro atoms. The van der Waals surface area contributed by atoms with Crippen LogP contribution in [0, 0.1) is 5.41 Å². The van der Waals surface area contributed by atoms with Crippen LogP contribution in [0.3, 0.4) is 0 Å². The second-order valence-corrected chi connectivity index (χ2v) is 8.15. The third-order valence-corrected chi connectivity index (χ3v) is 6.53. The number of anilines is 1. The molecule has 2 amide bonds. The van der Waals surface area contributed by atoms with Crippen LogP contribution in [-0.2, 0) is 11.3 Å². The van der Waals surface area contributed by atoms with E-state index in [1.807, 2.05) is 29.2 Å². The van der Waals surface area contributed by atoms with E-state index in [4.69, 9.17) is 4.74 Å². The van der Waals surface area contributed by atoms with Gasteiger partial charge in [-0.15, -0.1) is 10.2 Å². The number of ether oxygens (including phenoxy) is 1. The Labute approximate surface area is 167 Å². The van der Waals surface area contributed by atoms with E-state index < -0.39 is 0 Å². The van der Waals surface area contributed by atoms with Gasteiger partial charge < -0.3 is 19.5 Å². The molecule has 3 heterocycles. The summed E-state index contributed by atoms with van der Waals surface area (Å²) in [6.45, 7) is 5.75. The molecule has 1 N–H and O–H groups in total. The minimum atomic E-state index is -0.0715. The Bertz CT molecular complexity index is 818. The van der Waals surface area contributed by atoms with Gasteiger partial charge in [0.25, 0.3) is 0 Å². The summed E-state index contributed by atoms with van der Waals surface area (Å²) in [4.78, 5) is 14.9. The van der Waals surface area contributed by atoms with E-state index in [-0.39, 0.29) is 17.4 Å². The lowest BCUT2D eigenvalue weighted by molar-refractivity contribution is 0.0121. The minimum absolute atomic E-state index is 0.00344. The number of aromatic nitrogens is 3. The van der Waals surface area contributed by atoms with Crippen molar-refractivity contribution < 1.29 is 9.53 Å². The Morgan fingerprint density at radius 3 is 2.89 bits per heavy atom. The van der Waals surface area contributed by atoms with Crippen LogP contribution in [0.15, 0.2) is 35.1 Å². The first-order valence-corrected chi connectivity index (χ1v) is 10.2. The maximum atomic E-state index is 13.0. The number of benzene rings is 1. The molecule has 0 bridgehead atoms. The van der Waals surface area contributed by atoms with Crippen molar-refractivity contribution in [2.24, 2.45) is 5.41 Å². The standard InChI is InChI=1S/C19H24BrN5O2/c1-2-24-13-21-23-17(24)14-11-25(12-19(14)7-9-27-10-8-19)18(26)22-16-6-4-3-5-15(16)20/h3-6,13-14H,2,7-12H2,1H3,(H,22,26). The zero-order chi connectivity index (χ0) is 18.9. The molecule has 7 nitrogen and oxygen atoms in total. The van der Waals surface area contributed by atoms with Crippen molar-refractivity contribution >= 4 is 27.6 Å². The lowest BCUT2D eigenvalue weighted by Gasteiger charge is -2.37. The van der Waals surface area contributed by atoms with Crippen LogP contribution >= 0.6 is 15.9 Å². The molecule has 1 unspecified atom stereocenters. The van der Waals surface area contributed by atoms with E-state index >= 15 is 0 Å². The van der Waals surface area contributed by atoms with Gasteiger partial charge in [-0.25, -0.2) is 4.79 Å². The van der Waals surface area contributed by atoms with E-state index in [0.29, 0.717) is 13.1 Å². The van der Waals surface area contributed by atoms with Gasteiger partial charge in [-0.3, -0.25) is 0 Å². The fourth-order valence-corrected chi connectivity index (χ4v) is 4.68. The molecule has 0 saturated carbocycles. The van der Waals surface area contributed by atoms with Crippen LogP contribution in [0.1, 0.15) is 31.5 Å². The van der Waals surface area contributed by atoms with Gasteiger partial charge in [0.2, 0.25) is 0 Å². The number of amides is 2. The van der Waals surface area contributed by atoms with E-state index in [2.05, 4.69) is 42.9 Å². The first-order chi connectivity index (χ1) is 13.1. The second kappa shape index (κ2) is 7.59. The predicted molar refractivity (Wildman–Crippen MR) is 106 cm³/mol. The number of hydrogen-bond acceptors (Lipinski definition) is 4. The van der Waals surface area contributed by atoms with E-state index in [9.17, 15) is 4.79 Å². The smallest absolute Gasteiger partial charge is 0.321 e. The number of urea groups is 1. The van der Waals surface area contributed by atoms with Crippen molar-refractivity contribution in [3.63, 3.8) is 0 Å². The topological polar surface area (TPSA) is 72.3 Å². The van der Waals surface area contributed by atoms with Gasteiger partial charge in [-0.05, 0) is 47.8 Å². The Kier molecular flexibility index (Phi) is 5.19. The highest BCUT2D eigenvalue weighted by molar-refractivity contribution is 9.10. The molecule has 2 saturated heterocycles. The van der Waals surface area contributed by atoms with Crippen molar-refractivity contribution in [3.05, 3.63) is 40.9 Å². The number of rotatable bonds is 3. The van der Waals surface area contributed by atoms with Crippen LogP contribution in [0.25, 0.3) is 0 Å². The van der Waals surface area contributed by atoms with Gasteiger partial charge in [0, 0.05) is 48.7 Å². The van der Waals surface area contributed by atoms with Crippen molar-refractivity contribution in [2.45, 2.75) is 32.2 Å². The molecule has 144 valence electrons. The van der Waals surface area contributed by atoms with Crippen LogP contribution in [0.4, 0.5) is 10.5 Å². The molecule has 2 fully saturated rings. The van der Waals surface area contributed by atoms with E-state index in [0.717, 1.165) is 48.6 Å². The number of para-hydroxylation sites is 1. The number of nitrogens with zero attached hydrogens (tertiary/aromatic N) is 4. The van der Waals surface area contributed by atoms with Gasteiger partial charge in [-0.2, -0.15) is 0 Å². The second-order valence-electron chi connectivity index (χ2n) is 7.29. The van der Waals surface area contributed by atoms with Crippen LogP contribution < -0.4 is 5.32 Å². The van der Waals surface area contributed by atoms with Crippen LogP contribution in [-0.4, -0.2) is 52.0 Å². The van der Waals surface area contributed by atoms with Crippen molar-refractivity contribution in [1.29, 1.82) is 0 Å². The summed E-state index contributed by atoms with van der Waals surface area (Å²) in [6, 6.07) is 7.59. The van der Waals surface area contributed by atoms with Gasteiger partial charge in [-0.1, -0.05) is 12.1 Å². The minimum Gasteiger partial charge on any atom is -0.381 e. The number of carbonyl (C=O) groups is 1. The summed E-state index contributed by atoms with van der Waals surface area (Å²) in [7, 11) is 0. The number of hydrogen-bond donors (Lipinski definition) is 1. The summed E-state index contributed by atoms with van der Waals surface area (Å²) in [5.41, 5.74) is 0.785. The highest BCUT2D eigenvalue weighted by atomic mass is 79.9. The fraction of sp³-hybridized carbons (Fsp3) is 0.526. The number of nitrogens with one attached hydrogen (secondary N) is 1. The van der Waals surface area contributed by atoms with Gasteiger partial charge in [0.15, 0.2) is 0 Å². The van der Waals surface area contributed by atoms with Crippen molar-refractivity contribution in [1.82, 2.24) is 19.7 Å². The summed E-state index contributed by atoms with van der Waals surface area (Å²) in [5, 5.41) is 11.6. The first kappa shape index (κ1) is 18.4. The number of halogens is 1. The molecular formula is C19H24BrN5O2. The molecule has 8 heteroatoms. The lowest BCUT2D eigenvalue weighted by Crippen LogP contribution is -2.38. The third kappa shape index (κ3) is 3.48. The van der Waals surface area contributed by atoms with Crippen molar-refractivity contribution in [2.75, 3.05) is 31.6 Å². The number of likely N-dealkylation sites (tertiary alicyclic amines) is 1. The summed E-state index contributed by atoms with van der Waals surface area (Å²) in [6.07, 6.45) is 3.66. The molecule has 1 aromatic heterocycles. The number of carbonyl (C=O) groups excluding carboxylic acids is 1. The van der Waals surface area contributed by atoms with E-state index in [1.54, 1.807) is 6.33 Å². The molecule has 2 aliphatic rings. The van der Waals surface area contributed by atoms with Crippen LogP contribution in [0.5, 0.6) is 0 Å². The molecule has 0 radical (unpaired) electrons. The number of aryl methyl sites for hydroxylation is 1. The van der Waals surface area contributed by atoms with Gasteiger partial charge in [0.1, 0.15) is 12.2 Å². The fourth-order valence-electron chi connectivity index (χ4n) is 4.30. The molecule has 2 aromatic rings. The van der Waals surface area contributed by atoms with E-state index in [1.165, 1.54) is 0 Å². The first-order valence-electron chi connectivity index (χ1n) is 9.39. The van der Waals surface area contributed by atoms with Crippen molar-refractivity contribution in [3.8, 4) is 0 Å². The average molecular weight is 434 g/mol. The normalized spacial score (nSPS) is 21.6. The highest BCUT2D eigenvalue weighted by Gasteiger charge is 2.51. The quantitative estimate of drug-likeness (QED) is 0.803. The molecule has 2 aliphatic heterocycles. The molecule has 27 heavy (non-hydrogen) atoms. The lowest BCUT2D eigenvalue weighted by atomic mass is 9.71. The molecule has 1 atom stereocenters. The Balaban J connectivity index is 1.59. The van der Waals surface area contributed by atoms with Crippen LogP contribution in [0.2, 0.25) is 0 Å². The Hall–Kier alpha value is -1.93. The zero-order valence-electron chi connectivity index (χ0n) is 15.4. The average Bonchev–Trinajstić information content (AvgIpc) is 3.28. The molecular weight excluding hydrogens is 410 g/mol. The molecule has 1 aromatic carbocycles. The molecule has 4 rings (SSSR count).